The number of hydrogen-bond donors (Lipinski definition) is 1. The molecule has 2 nitrogen and oxygen atoms in total. The minimum Gasteiger partial charge on any atom is -0.497 e. The Balaban J connectivity index is 2.30. The lowest BCUT2D eigenvalue weighted by Gasteiger charge is -2.20. The molecule has 2 rings (SSSR count). The van der Waals surface area contributed by atoms with Crippen LogP contribution < -0.4 is 4.74 Å². The Bertz CT molecular complexity index is 612. The van der Waals surface area contributed by atoms with Crippen molar-refractivity contribution in [3.63, 3.8) is 0 Å². The predicted octanol–water partition coefficient (Wildman–Crippen LogP) is 4.84. The fourth-order valence-electron chi connectivity index (χ4n) is 2.20. The van der Waals surface area contributed by atoms with Crippen LogP contribution in [0.4, 0.5) is 0 Å². The van der Waals surface area contributed by atoms with Crippen LogP contribution in [0.1, 0.15) is 43.6 Å². The summed E-state index contributed by atoms with van der Waals surface area (Å²) < 4.78 is 6.02. The molecule has 2 aromatic rings. The number of halogens is 1. The molecule has 0 spiro atoms. The van der Waals surface area contributed by atoms with Crippen molar-refractivity contribution in [2.24, 2.45) is 0 Å². The van der Waals surface area contributed by atoms with Crippen LogP contribution in [0.15, 0.2) is 46.9 Å². The van der Waals surface area contributed by atoms with Gasteiger partial charge in [0, 0.05) is 4.47 Å². The minimum absolute atomic E-state index is 0.115. The number of benzene rings is 2. The first kappa shape index (κ1) is 16.1. The second-order valence-corrected chi connectivity index (χ2v) is 7.02. The molecule has 0 aliphatic heterocycles. The summed E-state index contributed by atoms with van der Waals surface area (Å²) in [6.45, 7) is 6.54. The molecule has 21 heavy (non-hydrogen) atoms. The average Bonchev–Trinajstić information content (AvgIpc) is 2.45. The first-order valence-corrected chi connectivity index (χ1v) is 7.74. The molecule has 0 aliphatic rings. The van der Waals surface area contributed by atoms with Gasteiger partial charge in [-0.3, -0.25) is 0 Å². The third kappa shape index (κ3) is 3.66. The van der Waals surface area contributed by atoms with Crippen LogP contribution in [0.3, 0.4) is 0 Å². The average molecular weight is 349 g/mol. The van der Waals surface area contributed by atoms with E-state index >= 15 is 0 Å². The van der Waals surface area contributed by atoms with Gasteiger partial charge in [-0.1, -0.05) is 67.0 Å². The molecular weight excluding hydrogens is 328 g/mol. The van der Waals surface area contributed by atoms with Crippen molar-refractivity contribution in [1.82, 2.24) is 0 Å². The summed E-state index contributed by atoms with van der Waals surface area (Å²) in [5, 5.41) is 10.6. The van der Waals surface area contributed by atoms with Gasteiger partial charge in [0.15, 0.2) is 0 Å². The van der Waals surface area contributed by atoms with E-state index < -0.39 is 6.10 Å². The van der Waals surface area contributed by atoms with Gasteiger partial charge >= 0.3 is 0 Å². The van der Waals surface area contributed by atoms with E-state index in [2.05, 4.69) is 48.8 Å². The quantitative estimate of drug-likeness (QED) is 0.859. The van der Waals surface area contributed by atoms with Gasteiger partial charge in [-0.15, -0.1) is 0 Å². The highest BCUT2D eigenvalue weighted by Crippen LogP contribution is 2.32. The van der Waals surface area contributed by atoms with Gasteiger partial charge in [-0.25, -0.2) is 0 Å². The molecule has 1 unspecified atom stereocenters. The molecule has 2 aromatic carbocycles. The van der Waals surface area contributed by atoms with Crippen molar-refractivity contribution in [2.75, 3.05) is 7.11 Å². The molecule has 112 valence electrons. The van der Waals surface area contributed by atoms with Crippen molar-refractivity contribution >= 4 is 15.9 Å². The normalized spacial score (nSPS) is 13.0. The summed E-state index contributed by atoms with van der Waals surface area (Å²) >= 11 is 3.49. The Hall–Kier alpha value is -1.32. The zero-order chi connectivity index (χ0) is 15.6. The first-order chi connectivity index (χ1) is 9.82. The summed E-state index contributed by atoms with van der Waals surface area (Å²) in [6, 6.07) is 13.7. The van der Waals surface area contributed by atoms with Crippen LogP contribution in [0.2, 0.25) is 0 Å². The Morgan fingerprint density at radius 2 is 1.67 bits per heavy atom. The lowest BCUT2D eigenvalue weighted by Crippen LogP contribution is -2.11. The maximum atomic E-state index is 10.6. The number of rotatable bonds is 3. The summed E-state index contributed by atoms with van der Waals surface area (Å²) in [4.78, 5) is 0. The van der Waals surface area contributed by atoms with Gasteiger partial charge in [0.25, 0.3) is 0 Å². The van der Waals surface area contributed by atoms with Crippen molar-refractivity contribution < 1.29 is 9.84 Å². The largest absolute Gasteiger partial charge is 0.497 e. The van der Waals surface area contributed by atoms with Gasteiger partial charge in [0.05, 0.1) is 7.11 Å². The van der Waals surface area contributed by atoms with E-state index in [1.807, 2.05) is 30.3 Å². The highest BCUT2D eigenvalue weighted by molar-refractivity contribution is 9.10. The second-order valence-electron chi connectivity index (χ2n) is 6.16. The van der Waals surface area contributed by atoms with Crippen LogP contribution in [0.5, 0.6) is 5.75 Å². The minimum atomic E-state index is -0.653. The molecule has 0 radical (unpaired) electrons. The molecular formula is C18H21BrO2. The second kappa shape index (κ2) is 6.20. The predicted molar refractivity (Wildman–Crippen MR) is 89.9 cm³/mol. The van der Waals surface area contributed by atoms with E-state index in [0.717, 1.165) is 21.3 Å². The molecule has 0 amide bonds. The van der Waals surface area contributed by atoms with Crippen LogP contribution in [-0.2, 0) is 5.41 Å². The van der Waals surface area contributed by atoms with Gasteiger partial charge in [0.2, 0.25) is 0 Å². The van der Waals surface area contributed by atoms with Crippen molar-refractivity contribution in [3.05, 3.63) is 63.6 Å². The Labute approximate surface area is 134 Å². The zero-order valence-corrected chi connectivity index (χ0v) is 14.4. The smallest absolute Gasteiger partial charge is 0.120 e. The molecule has 0 saturated carbocycles. The molecule has 0 heterocycles. The Morgan fingerprint density at radius 3 is 2.14 bits per heavy atom. The number of aliphatic hydroxyl groups excluding tert-OH is 1. The fourth-order valence-corrected chi connectivity index (χ4v) is 2.78. The van der Waals surface area contributed by atoms with E-state index in [9.17, 15) is 5.11 Å². The maximum Gasteiger partial charge on any atom is 0.120 e. The van der Waals surface area contributed by atoms with Crippen molar-refractivity contribution in [3.8, 4) is 5.75 Å². The summed E-state index contributed by atoms with van der Waals surface area (Å²) in [5.41, 5.74) is 3.09. The van der Waals surface area contributed by atoms with Gasteiger partial charge < -0.3 is 9.84 Å². The van der Waals surface area contributed by atoms with E-state index in [1.54, 1.807) is 7.11 Å². The zero-order valence-electron chi connectivity index (χ0n) is 12.9. The molecule has 1 atom stereocenters. The number of methoxy groups -OCH3 is 1. The SMILES string of the molecule is COc1ccc(C(O)c2ccc(C(C)(C)C)cc2)c(Br)c1. The molecule has 0 bridgehead atoms. The first-order valence-electron chi connectivity index (χ1n) is 6.95. The van der Waals surface area contributed by atoms with Gasteiger partial charge in [-0.05, 0) is 34.2 Å². The molecule has 3 heteroatoms. The van der Waals surface area contributed by atoms with Crippen molar-refractivity contribution in [2.45, 2.75) is 32.3 Å². The lowest BCUT2D eigenvalue weighted by atomic mass is 9.86. The van der Waals surface area contributed by atoms with Crippen LogP contribution in [0.25, 0.3) is 0 Å². The topological polar surface area (TPSA) is 29.5 Å². The van der Waals surface area contributed by atoms with Crippen LogP contribution in [0, 0.1) is 0 Å². The highest BCUT2D eigenvalue weighted by Gasteiger charge is 2.17. The summed E-state index contributed by atoms with van der Waals surface area (Å²) in [5.74, 6) is 0.765. The molecule has 0 fully saturated rings. The van der Waals surface area contributed by atoms with E-state index in [0.29, 0.717) is 0 Å². The third-order valence-electron chi connectivity index (χ3n) is 3.59. The molecule has 0 aromatic heterocycles. The maximum absolute atomic E-state index is 10.6. The van der Waals surface area contributed by atoms with E-state index in [4.69, 9.17) is 4.74 Å². The summed E-state index contributed by atoms with van der Waals surface area (Å²) in [6.07, 6.45) is -0.653. The highest BCUT2D eigenvalue weighted by atomic mass is 79.9. The fraction of sp³-hybridized carbons (Fsp3) is 0.333. The van der Waals surface area contributed by atoms with Crippen molar-refractivity contribution in [1.29, 1.82) is 0 Å². The van der Waals surface area contributed by atoms with Crippen LogP contribution in [-0.4, -0.2) is 12.2 Å². The number of hydrogen-bond acceptors (Lipinski definition) is 2. The van der Waals surface area contributed by atoms with E-state index in [-0.39, 0.29) is 5.41 Å². The number of ether oxygens (including phenoxy) is 1. The number of aliphatic hydroxyl groups is 1. The monoisotopic (exact) mass is 348 g/mol. The Kier molecular flexibility index (Phi) is 4.74. The standard InChI is InChI=1S/C18H21BrO2/c1-18(2,3)13-7-5-12(6-8-13)17(20)15-10-9-14(21-4)11-16(15)19/h5-11,17,20H,1-4H3. The van der Waals surface area contributed by atoms with Gasteiger partial charge in [0.1, 0.15) is 11.9 Å². The third-order valence-corrected chi connectivity index (χ3v) is 4.28. The lowest BCUT2D eigenvalue weighted by molar-refractivity contribution is 0.219. The van der Waals surface area contributed by atoms with Gasteiger partial charge in [-0.2, -0.15) is 0 Å². The summed E-state index contributed by atoms with van der Waals surface area (Å²) in [7, 11) is 1.63. The Morgan fingerprint density at radius 1 is 1.05 bits per heavy atom. The molecule has 1 N–H and O–H groups in total. The molecule has 0 aliphatic carbocycles. The van der Waals surface area contributed by atoms with Crippen LogP contribution >= 0.6 is 15.9 Å². The molecule has 0 saturated heterocycles. The van der Waals surface area contributed by atoms with E-state index in [1.165, 1.54) is 5.56 Å².